The zero-order valence-corrected chi connectivity index (χ0v) is 19.1. The van der Waals surface area contributed by atoms with Gasteiger partial charge in [0.2, 0.25) is 5.95 Å². The summed E-state index contributed by atoms with van der Waals surface area (Å²) < 4.78 is 8.03. The van der Waals surface area contributed by atoms with E-state index >= 15 is 0 Å². The maximum Gasteiger partial charge on any atom is 0.255 e. The van der Waals surface area contributed by atoms with Crippen LogP contribution in [0.15, 0.2) is 84.1 Å². The third-order valence-electron chi connectivity index (χ3n) is 5.69. The van der Waals surface area contributed by atoms with Crippen molar-refractivity contribution < 1.29 is 9.53 Å². The number of amides is 1. The number of nitrogens with one attached hydrogen (secondary N) is 2. The maximum atomic E-state index is 13.7. The number of carbonyl (C=O) groups excluding carboxylic acids is 1. The summed E-state index contributed by atoms with van der Waals surface area (Å²) in [5.74, 6) is 1.22. The van der Waals surface area contributed by atoms with Gasteiger partial charge in [0.1, 0.15) is 5.75 Å². The number of rotatable bonds is 5. The van der Waals surface area contributed by atoms with Gasteiger partial charge in [-0.05, 0) is 56.3 Å². The molecule has 0 bridgehead atoms. The topological polar surface area (TPSA) is 68.2 Å². The second kappa shape index (κ2) is 8.64. The van der Waals surface area contributed by atoms with Gasteiger partial charge >= 0.3 is 0 Å². The van der Waals surface area contributed by atoms with Gasteiger partial charge < -0.3 is 15.4 Å². The summed E-state index contributed by atoms with van der Waals surface area (Å²) >= 11 is 6.01. The molecule has 0 saturated carbocycles. The number of hydrogen-bond donors (Lipinski definition) is 2. The van der Waals surface area contributed by atoms with Crippen LogP contribution in [0.3, 0.4) is 0 Å². The van der Waals surface area contributed by atoms with Crippen molar-refractivity contribution in [2.45, 2.75) is 19.9 Å². The molecule has 1 unspecified atom stereocenters. The molecule has 0 aliphatic carbocycles. The van der Waals surface area contributed by atoms with Crippen molar-refractivity contribution in [1.29, 1.82) is 0 Å². The molecular formula is C26H23ClN4O2. The first-order chi connectivity index (χ1) is 16.1. The van der Waals surface area contributed by atoms with E-state index in [4.69, 9.17) is 21.3 Å². The van der Waals surface area contributed by atoms with E-state index in [0.717, 1.165) is 28.0 Å². The summed E-state index contributed by atoms with van der Waals surface area (Å²) in [5.41, 5.74) is 4.67. The van der Waals surface area contributed by atoms with Crippen molar-refractivity contribution in [2.75, 3.05) is 17.2 Å². The van der Waals surface area contributed by atoms with Crippen LogP contribution in [-0.4, -0.2) is 22.1 Å². The van der Waals surface area contributed by atoms with Crippen LogP contribution in [0.5, 0.6) is 5.75 Å². The highest BCUT2D eigenvalue weighted by Crippen LogP contribution is 2.42. The van der Waals surface area contributed by atoms with E-state index < -0.39 is 6.04 Å². The lowest BCUT2D eigenvalue weighted by Crippen LogP contribution is -2.31. The zero-order chi connectivity index (χ0) is 22.9. The standard InChI is InChI=1S/C26H23ClN4O2/c1-3-33-22-11-7-4-8-19(22)24-23(25(32)29-18-14-12-17(27)13-15-18)16(2)28-26-30-20-9-5-6-10-21(20)31(24)26/h4-15,24H,3H2,1-2H3,(H,28,30)(H,29,32). The van der Waals surface area contributed by atoms with Crippen molar-refractivity contribution in [3.05, 3.63) is 94.7 Å². The number of carbonyl (C=O) groups is 1. The third kappa shape index (κ3) is 3.83. The van der Waals surface area contributed by atoms with Crippen molar-refractivity contribution in [1.82, 2.24) is 9.55 Å². The summed E-state index contributed by atoms with van der Waals surface area (Å²) in [5, 5.41) is 6.97. The Labute approximate surface area is 196 Å². The first-order valence-electron chi connectivity index (χ1n) is 10.8. The molecule has 33 heavy (non-hydrogen) atoms. The van der Waals surface area contributed by atoms with Crippen LogP contribution < -0.4 is 15.4 Å². The minimum absolute atomic E-state index is 0.206. The average Bonchev–Trinajstić information content (AvgIpc) is 3.18. The first-order valence-corrected chi connectivity index (χ1v) is 11.2. The quantitative estimate of drug-likeness (QED) is 0.384. The molecule has 6 nitrogen and oxygen atoms in total. The molecule has 4 aromatic rings. The first kappa shape index (κ1) is 21.1. The Bertz CT molecular complexity index is 1370. The lowest BCUT2D eigenvalue weighted by atomic mass is 9.93. The maximum absolute atomic E-state index is 13.7. The molecule has 0 fully saturated rings. The number of benzene rings is 3. The number of anilines is 2. The number of ether oxygens (including phenoxy) is 1. The van der Waals surface area contributed by atoms with E-state index in [9.17, 15) is 4.79 Å². The van der Waals surface area contributed by atoms with E-state index in [0.29, 0.717) is 28.8 Å². The summed E-state index contributed by atoms with van der Waals surface area (Å²) in [4.78, 5) is 18.4. The van der Waals surface area contributed by atoms with E-state index in [1.807, 2.05) is 62.4 Å². The van der Waals surface area contributed by atoms with E-state index in [1.54, 1.807) is 24.3 Å². The largest absolute Gasteiger partial charge is 0.494 e. The molecule has 7 heteroatoms. The van der Waals surface area contributed by atoms with Crippen LogP contribution in [0.4, 0.5) is 11.6 Å². The van der Waals surface area contributed by atoms with E-state index in [1.165, 1.54) is 0 Å². The molecule has 2 N–H and O–H groups in total. The van der Waals surface area contributed by atoms with Crippen LogP contribution >= 0.6 is 11.6 Å². The normalized spacial score (nSPS) is 15.2. The summed E-state index contributed by atoms with van der Waals surface area (Å²) in [6, 6.07) is 22.4. The van der Waals surface area contributed by atoms with Crippen molar-refractivity contribution in [3.8, 4) is 5.75 Å². The third-order valence-corrected chi connectivity index (χ3v) is 5.94. The van der Waals surface area contributed by atoms with Gasteiger partial charge in [-0.3, -0.25) is 9.36 Å². The minimum atomic E-state index is -0.427. The van der Waals surface area contributed by atoms with Crippen LogP contribution in [0.1, 0.15) is 25.5 Å². The highest BCUT2D eigenvalue weighted by atomic mass is 35.5. The number of nitrogens with zero attached hydrogens (tertiary/aromatic N) is 2. The lowest BCUT2D eigenvalue weighted by molar-refractivity contribution is -0.113. The van der Waals surface area contributed by atoms with E-state index in [2.05, 4.69) is 15.2 Å². The van der Waals surface area contributed by atoms with Crippen LogP contribution in [-0.2, 0) is 4.79 Å². The molecule has 1 amide bonds. The predicted molar refractivity (Wildman–Crippen MR) is 132 cm³/mol. The fourth-order valence-corrected chi connectivity index (χ4v) is 4.40. The Kier molecular flexibility index (Phi) is 5.52. The Morgan fingerprint density at radius 3 is 2.61 bits per heavy atom. The van der Waals surface area contributed by atoms with Gasteiger partial charge in [0.05, 0.1) is 29.3 Å². The van der Waals surface area contributed by atoms with Gasteiger partial charge in [0.15, 0.2) is 0 Å². The molecule has 3 aromatic carbocycles. The Morgan fingerprint density at radius 2 is 1.82 bits per heavy atom. The summed E-state index contributed by atoms with van der Waals surface area (Å²) in [6.07, 6.45) is 0. The fraction of sp³-hybridized carbons (Fsp3) is 0.154. The molecule has 1 aromatic heterocycles. The molecule has 0 radical (unpaired) electrons. The van der Waals surface area contributed by atoms with Gasteiger partial charge in [-0.1, -0.05) is 41.9 Å². The highest BCUT2D eigenvalue weighted by molar-refractivity contribution is 6.30. The number of para-hydroxylation sites is 3. The molecule has 0 saturated heterocycles. The second-order valence-corrected chi connectivity index (χ2v) is 8.23. The van der Waals surface area contributed by atoms with Crippen molar-refractivity contribution in [2.24, 2.45) is 0 Å². The Hall–Kier alpha value is -3.77. The predicted octanol–water partition coefficient (Wildman–Crippen LogP) is 6.02. The number of fused-ring (bicyclic) bond motifs is 3. The molecule has 1 aliphatic rings. The van der Waals surface area contributed by atoms with Crippen molar-refractivity contribution >= 4 is 40.2 Å². The molecule has 2 heterocycles. The highest BCUT2D eigenvalue weighted by Gasteiger charge is 2.35. The van der Waals surface area contributed by atoms with E-state index in [-0.39, 0.29) is 5.91 Å². The molecule has 1 aliphatic heterocycles. The van der Waals surface area contributed by atoms with Gasteiger partial charge in [0.25, 0.3) is 5.91 Å². The number of allylic oxidation sites excluding steroid dienone is 1. The van der Waals surface area contributed by atoms with Gasteiger partial charge in [-0.2, -0.15) is 0 Å². The minimum Gasteiger partial charge on any atom is -0.494 e. The van der Waals surface area contributed by atoms with Crippen LogP contribution in [0.25, 0.3) is 11.0 Å². The zero-order valence-electron chi connectivity index (χ0n) is 18.3. The SMILES string of the molecule is CCOc1ccccc1C1C(C(=O)Nc2ccc(Cl)cc2)=C(C)Nc2nc3ccccc3n21. The number of aromatic nitrogens is 2. The second-order valence-electron chi connectivity index (χ2n) is 7.79. The molecule has 1 atom stereocenters. The van der Waals surface area contributed by atoms with Gasteiger partial charge in [0, 0.05) is 22.0 Å². The fourth-order valence-electron chi connectivity index (χ4n) is 4.28. The molecule has 5 rings (SSSR count). The lowest BCUT2D eigenvalue weighted by Gasteiger charge is -2.31. The summed E-state index contributed by atoms with van der Waals surface area (Å²) in [7, 11) is 0. The van der Waals surface area contributed by atoms with Gasteiger partial charge in [-0.25, -0.2) is 4.98 Å². The monoisotopic (exact) mass is 458 g/mol. The molecular weight excluding hydrogens is 436 g/mol. The molecule has 166 valence electrons. The Balaban J connectivity index is 1.68. The van der Waals surface area contributed by atoms with Crippen molar-refractivity contribution in [3.63, 3.8) is 0 Å². The number of hydrogen-bond acceptors (Lipinski definition) is 4. The van der Waals surface area contributed by atoms with Gasteiger partial charge in [-0.15, -0.1) is 0 Å². The average molecular weight is 459 g/mol. The Morgan fingerprint density at radius 1 is 1.09 bits per heavy atom. The molecule has 0 spiro atoms. The number of halogens is 1. The van der Waals surface area contributed by atoms with Crippen LogP contribution in [0, 0.1) is 0 Å². The van der Waals surface area contributed by atoms with Crippen LogP contribution in [0.2, 0.25) is 5.02 Å². The number of imidazole rings is 1. The smallest absolute Gasteiger partial charge is 0.255 e. The summed E-state index contributed by atoms with van der Waals surface area (Å²) in [6.45, 7) is 4.37.